The van der Waals surface area contributed by atoms with Crippen LogP contribution in [0.2, 0.25) is 0 Å². The van der Waals surface area contributed by atoms with Crippen LogP contribution in [-0.4, -0.2) is 78.3 Å². The van der Waals surface area contributed by atoms with Crippen molar-refractivity contribution in [1.29, 1.82) is 0 Å². The van der Waals surface area contributed by atoms with Gasteiger partial charge >= 0.3 is 12.2 Å². The molecular weight excluding hydrogens is 654 g/mol. The Kier molecular flexibility index (Phi) is 10.9. The quantitative estimate of drug-likeness (QED) is 0.310. The van der Waals surface area contributed by atoms with Crippen LogP contribution < -0.4 is 20.7 Å². The van der Waals surface area contributed by atoms with Crippen LogP contribution in [-0.2, 0) is 47.0 Å². The Morgan fingerprint density at radius 1 is 1.00 bits per heavy atom. The number of hydrogen-bond donors (Lipinski definition) is 4. The number of sulfonamides is 1. The molecule has 5 amide bonds. The first-order valence-corrected chi connectivity index (χ1v) is 18.5. The Morgan fingerprint density at radius 3 is 2.35 bits per heavy atom. The van der Waals surface area contributed by atoms with Gasteiger partial charge < -0.3 is 25.4 Å². The molecule has 0 saturated heterocycles. The molecule has 268 valence electrons. The molecule has 0 aromatic heterocycles. The van der Waals surface area contributed by atoms with Crippen molar-refractivity contribution in [2.24, 2.45) is 5.92 Å². The van der Waals surface area contributed by atoms with E-state index in [9.17, 15) is 32.4 Å². The lowest BCUT2D eigenvalue weighted by Crippen LogP contribution is -2.59. The highest BCUT2D eigenvalue weighted by molar-refractivity contribution is 7.91. The maximum atomic E-state index is 13.9. The fourth-order valence-electron chi connectivity index (χ4n) is 6.10. The molecule has 2 fully saturated rings. The minimum absolute atomic E-state index is 0.151. The molecule has 4 aliphatic rings. The number of fused-ring (bicyclic) bond motifs is 2. The number of carbonyl (C=O) groups excluding carboxylic acids is 5. The van der Waals surface area contributed by atoms with Crippen molar-refractivity contribution in [1.82, 2.24) is 25.6 Å². The van der Waals surface area contributed by atoms with E-state index in [1.807, 2.05) is 36.4 Å². The topological polar surface area (TPSA) is 189 Å². The average Bonchev–Trinajstić information content (AvgIpc) is 3.94. The van der Waals surface area contributed by atoms with Gasteiger partial charge in [-0.05, 0) is 70.4 Å². The molecule has 2 aliphatic heterocycles. The lowest BCUT2D eigenvalue weighted by atomic mass is 10.1. The fraction of sp³-hybridized carbons (Fsp3) is 0.618. The van der Waals surface area contributed by atoms with Crippen LogP contribution in [0, 0.1) is 5.92 Å². The van der Waals surface area contributed by atoms with Crippen LogP contribution in [0.5, 0.6) is 0 Å². The van der Waals surface area contributed by atoms with Gasteiger partial charge in [-0.3, -0.25) is 24.0 Å². The van der Waals surface area contributed by atoms with Crippen molar-refractivity contribution in [2.75, 3.05) is 6.61 Å². The molecule has 5 rings (SSSR count). The van der Waals surface area contributed by atoms with Crippen molar-refractivity contribution < 1.29 is 41.9 Å². The van der Waals surface area contributed by atoms with Gasteiger partial charge in [0.1, 0.15) is 23.2 Å². The molecule has 0 bridgehead atoms. The first kappa shape index (κ1) is 36.1. The fourth-order valence-corrected chi connectivity index (χ4v) is 7.46. The van der Waals surface area contributed by atoms with E-state index in [-0.39, 0.29) is 25.9 Å². The van der Waals surface area contributed by atoms with Crippen LogP contribution in [0.1, 0.15) is 89.7 Å². The van der Waals surface area contributed by atoms with Crippen LogP contribution >= 0.6 is 0 Å². The van der Waals surface area contributed by atoms with E-state index >= 15 is 0 Å². The maximum Gasteiger partial charge on any atom is 0.410 e. The number of rotatable bonds is 7. The summed E-state index contributed by atoms with van der Waals surface area (Å²) in [7, 11) is -3.90. The van der Waals surface area contributed by atoms with Crippen molar-refractivity contribution >= 4 is 39.9 Å². The number of alkyl carbamates (subject to hydrolysis) is 1. The highest BCUT2D eigenvalue weighted by Gasteiger charge is 2.61. The van der Waals surface area contributed by atoms with Crippen LogP contribution in [0.25, 0.3) is 0 Å². The number of carbonyl (C=O) groups is 5. The SMILES string of the molecule is CC(C)(C)OC(=O)N[C@H]1CCCCC/C=C\C2C[C@@]2(C(=O)NS(=O)(=O)C2CC2)NC(=O)[C@H](CCOC(=O)N2Cc3ccccc3C2)NC1=O. The number of ether oxygens (including phenoxy) is 2. The first-order chi connectivity index (χ1) is 23.2. The average molecular weight is 702 g/mol. The van der Waals surface area contributed by atoms with Crippen LogP contribution in [0.3, 0.4) is 0 Å². The minimum atomic E-state index is -3.90. The Hall–Kier alpha value is -4.14. The van der Waals surface area contributed by atoms with Gasteiger partial charge in [0.2, 0.25) is 21.8 Å². The van der Waals surface area contributed by atoms with Gasteiger partial charge in [-0.1, -0.05) is 49.3 Å². The number of amides is 5. The predicted molar refractivity (Wildman–Crippen MR) is 178 cm³/mol. The molecule has 1 aromatic rings. The molecule has 0 spiro atoms. The van der Waals surface area contributed by atoms with E-state index in [1.54, 1.807) is 20.8 Å². The van der Waals surface area contributed by atoms with Crippen LogP contribution in [0.4, 0.5) is 9.59 Å². The molecular formula is C34H47N5O9S. The van der Waals surface area contributed by atoms with Gasteiger partial charge in [0, 0.05) is 25.4 Å². The summed E-state index contributed by atoms with van der Waals surface area (Å²) in [6, 6.07) is 5.32. The van der Waals surface area contributed by atoms with E-state index < -0.39 is 74.3 Å². The van der Waals surface area contributed by atoms with Crippen molar-refractivity contribution in [3.8, 4) is 0 Å². The van der Waals surface area contributed by atoms with E-state index in [2.05, 4.69) is 20.7 Å². The van der Waals surface area contributed by atoms with E-state index in [0.717, 1.165) is 24.0 Å². The highest BCUT2D eigenvalue weighted by atomic mass is 32.2. The summed E-state index contributed by atoms with van der Waals surface area (Å²) in [6.07, 6.45) is 6.38. The summed E-state index contributed by atoms with van der Waals surface area (Å²) < 4.78 is 38.4. The van der Waals surface area contributed by atoms with E-state index in [4.69, 9.17) is 9.47 Å². The number of nitrogens with one attached hydrogen (secondary N) is 4. The Morgan fingerprint density at radius 2 is 1.69 bits per heavy atom. The maximum absolute atomic E-state index is 13.9. The summed E-state index contributed by atoms with van der Waals surface area (Å²) >= 11 is 0. The van der Waals surface area contributed by atoms with E-state index in [0.29, 0.717) is 38.8 Å². The van der Waals surface area contributed by atoms with Gasteiger partial charge in [0.25, 0.3) is 5.91 Å². The molecule has 4 atom stereocenters. The second-order valence-electron chi connectivity index (χ2n) is 14.3. The van der Waals surface area contributed by atoms with Gasteiger partial charge in [0.15, 0.2) is 0 Å². The minimum Gasteiger partial charge on any atom is -0.449 e. The van der Waals surface area contributed by atoms with Gasteiger partial charge in [-0.15, -0.1) is 0 Å². The summed E-state index contributed by atoms with van der Waals surface area (Å²) in [5.74, 6) is -2.69. The zero-order chi connectivity index (χ0) is 35.4. The summed E-state index contributed by atoms with van der Waals surface area (Å²) in [5, 5.41) is 7.40. The van der Waals surface area contributed by atoms with Crippen molar-refractivity contribution in [3.63, 3.8) is 0 Å². The lowest BCUT2D eigenvalue weighted by molar-refractivity contribution is -0.133. The molecule has 49 heavy (non-hydrogen) atoms. The second-order valence-corrected chi connectivity index (χ2v) is 16.3. The first-order valence-electron chi connectivity index (χ1n) is 17.0. The molecule has 2 saturated carbocycles. The smallest absolute Gasteiger partial charge is 0.410 e. The zero-order valence-corrected chi connectivity index (χ0v) is 29.1. The number of allylic oxidation sites excluding steroid dienone is 1. The van der Waals surface area contributed by atoms with Gasteiger partial charge in [-0.25, -0.2) is 18.0 Å². The third-order valence-corrected chi connectivity index (χ3v) is 10.9. The Balaban J connectivity index is 1.33. The molecule has 0 radical (unpaired) electrons. The molecule has 15 heteroatoms. The third kappa shape index (κ3) is 9.52. The Labute approximate surface area is 287 Å². The van der Waals surface area contributed by atoms with E-state index in [1.165, 1.54) is 4.90 Å². The number of hydrogen-bond acceptors (Lipinski definition) is 9. The normalized spacial score (nSPS) is 26.8. The molecule has 4 N–H and O–H groups in total. The summed E-state index contributed by atoms with van der Waals surface area (Å²) in [6.45, 7) is 5.62. The van der Waals surface area contributed by atoms with Crippen molar-refractivity contribution in [3.05, 3.63) is 47.5 Å². The molecule has 2 heterocycles. The second kappa shape index (κ2) is 14.8. The van der Waals surface area contributed by atoms with Crippen LogP contribution in [0.15, 0.2) is 36.4 Å². The lowest BCUT2D eigenvalue weighted by Gasteiger charge is -2.27. The number of nitrogens with zero attached hydrogens (tertiary/aromatic N) is 1. The largest absolute Gasteiger partial charge is 0.449 e. The third-order valence-electron chi connectivity index (χ3n) is 9.07. The Bertz CT molecular complexity index is 1560. The highest BCUT2D eigenvalue weighted by Crippen LogP contribution is 2.45. The zero-order valence-electron chi connectivity index (χ0n) is 28.3. The van der Waals surface area contributed by atoms with Gasteiger partial charge in [0.05, 0.1) is 11.9 Å². The summed E-state index contributed by atoms with van der Waals surface area (Å²) in [4.78, 5) is 68.2. The monoisotopic (exact) mass is 701 g/mol. The standard InChI is InChI=1S/C34H47N5O9S/c1-33(2,3)48-31(43)36-26-14-8-6-4-5-7-13-24-19-34(24,30(42)38-49(45,46)25-15-16-25)37-29(41)27(35-28(26)40)17-18-47-32(44)39-20-22-11-9-10-12-23(22)21-39/h7,9-13,24-27H,4-6,8,14-21H2,1-3H3,(H,35,40)(H,36,43)(H,37,41)(H,38,42)/b13-7-/t24?,26-,27-,34+/m0/s1. The van der Waals surface area contributed by atoms with Gasteiger partial charge in [-0.2, -0.15) is 0 Å². The molecule has 2 aliphatic carbocycles. The molecule has 1 unspecified atom stereocenters. The predicted octanol–water partition coefficient (Wildman–Crippen LogP) is 2.91. The van der Waals surface area contributed by atoms with Crippen molar-refractivity contribution in [2.45, 2.75) is 120 Å². The molecule has 14 nitrogen and oxygen atoms in total. The summed E-state index contributed by atoms with van der Waals surface area (Å²) in [5.41, 5.74) is -0.322. The number of benzene rings is 1. The molecule has 1 aromatic carbocycles.